The highest BCUT2D eigenvalue weighted by Crippen LogP contribution is 2.27. The molecule has 0 aromatic heterocycles. The van der Waals surface area contributed by atoms with Gasteiger partial charge in [-0.15, -0.1) is 0 Å². The summed E-state index contributed by atoms with van der Waals surface area (Å²) in [7, 11) is 3.34. The molecule has 32 heavy (non-hydrogen) atoms. The van der Waals surface area contributed by atoms with E-state index in [1.807, 2.05) is 24.3 Å². The van der Waals surface area contributed by atoms with Crippen LogP contribution in [0.1, 0.15) is 24.0 Å². The fourth-order valence-electron chi connectivity index (χ4n) is 4.11. The third-order valence-electron chi connectivity index (χ3n) is 6.10. The Kier molecular flexibility index (Phi) is 10.1. The van der Waals surface area contributed by atoms with E-state index < -0.39 is 0 Å². The first-order chi connectivity index (χ1) is 15.7. The van der Waals surface area contributed by atoms with Crippen molar-refractivity contribution in [3.63, 3.8) is 0 Å². The molecule has 0 spiro atoms. The summed E-state index contributed by atoms with van der Waals surface area (Å²) in [5.41, 5.74) is 2.45. The Hall–Kier alpha value is -2.31. The number of unbranched alkanes of at least 4 members (excludes halogenated alkanes) is 1. The normalized spacial score (nSPS) is 15.0. The number of methoxy groups -OCH3 is 2. The number of rotatable bonds is 13. The van der Waals surface area contributed by atoms with Gasteiger partial charge in [0.2, 0.25) is 0 Å². The third-order valence-corrected chi connectivity index (χ3v) is 6.10. The summed E-state index contributed by atoms with van der Waals surface area (Å²) >= 11 is 0. The first kappa shape index (κ1) is 24.3. The van der Waals surface area contributed by atoms with Crippen molar-refractivity contribution >= 4 is 0 Å². The van der Waals surface area contributed by atoms with Gasteiger partial charge < -0.3 is 19.1 Å². The van der Waals surface area contributed by atoms with Gasteiger partial charge in [-0.2, -0.15) is 0 Å². The maximum atomic E-state index is 12.4. The number of piperazine rings is 1. The molecular formula is C26H37FN2O3. The standard InChI is InChI=1S/C26H37FN2O3/c1-30-25-11-10-22(21-26(25)31-2)12-14-28-15-17-29(18-16-28)19-20-32-24-9-4-3-7-23(24)8-5-6-13-27/h3-4,7,9-11,21H,5-6,8,12-20H2,1-2H3. The van der Waals surface area contributed by atoms with Gasteiger partial charge in [0.05, 0.1) is 20.9 Å². The lowest BCUT2D eigenvalue weighted by atomic mass is 10.1. The molecule has 176 valence electrons. The van der Waals surface area contributed by atoms with Crippen LogP contribution >= 0.6 is 0 Å². The molecule has 0 N–H and O–H groups in total. The van der Waals surface area contributed by atoms with E-state index in [9.17, 15) is 4.39 Å². The van der Waals surface area contributed by atoms with Crippen molar-refractivity contribution in [3.8, 4) is 17.2 Å². The van der Waals surface area contributed by atoms with Crippen LogP contribution in [0.4, 0.5) is 4.39 Å². The number of nitrogens with zero attached hydrogens (tertiary/aromatic N) is 2. The lowest BCUT2D eigenvalue weighted by molar-refractivity contribution is 0.117. The molecule has 0 bridgehead atoms. The average molecular weight is 445 g/mol. The van der Waals surface area contributed by atoms with Gasteiger partial charge in [-0.25, -0.2) is 0 Å². The van der Waals surface area contributed by atoms with Crippen molar-refractivity contribution in [2.24, 2.45) is 0 Å². The summed E-state index contributed by atoms with van der Waals surface area (Å²) in [5, 5.41) is 0. The summed E-state index contributed by atoms with van der Waals surface area (Å²) in [6, 6.07) is 14.3. The van der Waals surface area contributed by atoms with Crippen LogP contribution in [-0.4, -0.2) is 76.6 Å². The van der Waals surface area contributed by atoms with Crippen molar-refractivity contribution < 1.29 is 18.6 Å². The van der Waals surface area contributed by atoms with Crippen molar-refractivity contribution in [1.29, 1.82) is 0 Å². The highest BCUT2D eigenvalue weighted by Gasteiger charge is 2.17. The van der Waals surface area contributed by atoms with Crippen LogP contribution in [0.15, 0.2) is 42.5 Å². The summed E-state index contributed by atoms with van der Waals surface area (Å²) < 4.78 is 29.2. The fraction of sp³-hybridized carbons (Fsp3) is 0.538. The molecule has 6 heteroatoms. The minimum atomic E-state index is -0.247. The fourth-order valence-corrected chi connectivity index (χ4v) is 4.11. The van der Waals surface area contributed by atoms with Crippen LogP contribution < -0.4 is 14.2 Å². The van der Waals surface area contributed by atoms with Gasteiger partial charge in [-0.3, -0.25) is 9.29 Å². The van der Waals surface area contributed by atoms with E-state index in [4.69, 9.17) is 14.2 Å². The number of benzene rings is 2. The van der Waals surface area contributed by atoms with E-state index in [-0.39, 0.29) is 6.67 Å². The number of para-hydroxylation sites is 1. The Morgan fingerprint density at radius 1 is 0.781 bits per heavy atom. The maximum Gasteiger partial charge on any atom is 0.160 e. The van der Waals surface area contributed by atoms with E-state index in [1.54, 1.807) is 14.2 Å². The lowest BCUT2D eigenvalue weighted by Crippen LogP contribution is -2.47. The van der Waals surface area contributed by atoms with Crippen LogP contribution in [0.2, 0.25) is 0 Å². The molecule has 1 heterocycles. The van der Waals surface area contributed by atoms with E-state index in [1.165, 1.54) is 11.1 Å². The molecule has 0 amide bonds. The van der Waals surface area contributed by atoms with Gasteiger partial charge in [0.1, 0.15) is 12.4 Å². The number of alkyl halides is 1. The monoisotopic (exact) mass is 444 g/mol. The quantitative estimate of drug-likeness (QED) is 0.432. The summed E-state index contributed by atoms with van der Waals surface area (Å²) in [4.78, 5) is 4.99. The Balaban J connectivity index is 1.36. The highest BCUT2D eigenvalue weighted by atomic mass is 19.1. The summed E-state index contributed by atoms with van der Waals surface area (Å²) in [6.45, 7) is 6.70. The predicted octanol–water partition coefficient (Wildman–Crippen LogP) is 4.24. The zero-order valence-electron chi connectivity index (χ0n) is 19.5. The molecule has 1 fully saturated rings. The number of hydrogen-bond acceptors (Lipinski definition) is 5. The second kappa shape index (κ2) is 13.3. The predicted molar refractivity (Wildman–Crippen MR) is 127 cm³/mol. The number of halogens is 1. The first-order valence-corrected chi connectivity index (χ1v) is 11.7. The van der Waals surface area contributed by atoms with Crippen molar-refractivity contribution in [2.45, 2.75) is 25.7 Å². The second-order valence-corrected chi connectivity index (χ2v) is 8.22. The minimum absolute atomic E-state index is 0.247. The lowest BCUT2D eigenvalue weighted by Gasteiger charge is -2.34. The molecule has 1 aliphatic heterocycles. The molecule has 5 nitrogen and oxygen atoms in total. The molecule has 3 rings (SSSR count). The van der Waals surface area contributed by atoms with E-state index in [0.717, 1.165) is 75.8 Å². The second-order valence-electron chi connectivity index (χ2n) is 8.22. The van der Waals surface area contributed by atoms with E-state index in [0.29, 0.717) is 13.0 Å². The summed E-state index contributed by atoms with van der Waals surface area (Å²) in [5.74, 6) is 2.51. The van der Waals surface area contributed by atoms with Crippen molar-refractivity contribution in [2.75, 3.05) is 66.8 Å². The van der Waals surface area contributed by atoms with Gasteiger partial charge >= 0.3 is 0 Å². The van der Waals surface area contributed by atoms with Crippen LogP contribution in [0.25, 0.3) is 0 Å². The van der Waals surface area contributed by atoms with Crippen molar-refractivity contribution in [3.05, 3.63) is 53.6 Å². The minimum Gasteiger partial charge on any atom is -0.493 e. The Bertz CT molecular complexity index is 809. The van der Waals surface area contributed by atoms with Crippen LogP contribution in [-0.2, 0) is 12.8 Å². The zero-order chi connectivity index (χ0) is 22.6. The maximum absolute atomic E-state index is 12.4. The topological polar surface area (TPSA) is 34.2 Å². The van der Waals surface area contributed by atoms with Crippen LogP contribution in [0.3, 0.4) is 0 Å². The molecule has 2 aromatic rings. The number of hydrogen-bond donors (Lipinski definition) is 0. The molecular weight excluding hydrogens is 407 g/mol. The smallest absolute Gasteiger partial charge is 0.160 e. The Morgan fingerprint density at radius 2 is 1.50 bits per heavy atom. The number of ether oxygens (including phenoxy) is 3. The molecule has 0 radical (unpaired) electrons. The molecule has 2 aromatic carbocycles. The molecule has 1 saturated heterocycles. The average Bonchev–Trinajstić information content (AvgIpc) is 2.84. The van der Waals surface area contributed by atoms with E-state index in [2.05, 4.69) is 28.0 Å². The Morgan fingerprint density at radius 3 is 2.22 bits per heavy atom. The zero-order valence-corrected chi connectivity index (χ0v) is 19.5. The molecule has 0 saturated carbocycles. The Labute approximate surface area is 192 Å². The summed E-state index contributed by atoms with van der Waals surface area (Å²) in [6.07, 6.45) is 3.36. The van der Waals surface area contributed by atoms with Gasteiger partial charge in [0.25, 0.3) is 0 Å². The molecule has 1 aliphatic rings. The molecule has 0 unspecified atom stereocenters. The van der Waals surface area contributed by atoms with Crippen molar-refractivity contribution in [1.82, 2.24) is 9.80 Å². The van der Waals surface area contributed by atoms with E-state index >= 15 is 0 Å². The SMILES string of the molecule is COc1ccc(CCN2CCN(CCOc3ccccc3CCCCF)CC2)cc1OC. The molecule has 0 atom stereocenters. The van der Waals surface area contributed by atoms with Gasteiger partial charge in [0, 0.05) is 39.3 Å². The largest absolute Gasteiger partial charge is 0.493 e. The van der Waals surface area contributed by atoms with Gasteiger partial charge in [0.15, 0.2) is 11.5 Å². The number of aryl methyl sites for hydroxylation is 1. The third kappa shape index (κ3) is 7.38. The highest BCUT2D eigenvalue weighted by molar-refractivity contribution is 5.43. The van der Waals surface area contributed by atoms with Crippen LogP contribution in [0, 0.1) is 0 Å². The molecule has 0 aliphatic carbocycles. The first-order valence-electron chi connectivity index (χ1n) is 11.7. The van der Waals surface area contributed by atoms with Crippen LogP contribution in [0.5, 0.6) is 17.2 Å². The van der Waals surface area contributed by atoms with Gasteiger partial charge in [-0.05, 0) is 55.0 Å². The van der Waals surface area contributed by atoms with Gasteiger partial charge in [-0.1, -0.05) is 24.3 Å².